The lowest BCUT2D eigenvalue weighted by atomic mass is 10.1. The van der Waals surface area contributed by atoms with Crippen LogP contribution in [0.25, 0.3) is 10.9 Å². The van der Waals surface area contributed by atoms with E-state index in [-0.39, 0.29) is 28.6 Å². The molecule has 0 saturated carbocycles. The van der Waals surface area contributed by atoms with Crippen LogP contribution in [0, 0.1) is 0 Å². The summed E-state index contributed by atoms with van der Waals surface area (Å²) in [5, 5.41) is 0.599. The van der Waals surface area contributed by atoms with E-state index in [2.05, 4.69) is 14.9 Å². The summed E-state index contributed by atoms with van der Waals surface area (Å²) in [6.07, 6.45) is 3.11. The van der Waals surface area contributed by atoms with Gasteiger partial charge < -0.3 is 14.8 Å². The van der Waals surface area contributed by atoms with Crippen LogP contribution in [0.3, 0.4) is 0 Å². The molecule has 0 bridgehead atoms. The van der Waals surface area contributed by atoms with Crippen LogP contribution < -0.4 is 16.0 Å². The first kappa shape index (κ1) is 18.9. The summed E-state index contributed by atoms with van der Waals surface area (Å²) >= 11 is 0. The van der Waals surface area contributed by atoms with Gasteiger partial charge in [0, 0.05) is 44.1 Å². The summed E-state index contributed by atoms with van der Waals surface area (Å²) in [5.74, 6) is -0.249. The third-order valence-electron chi connectivity index (χ3n) is 5.30. The second kappa shape index (κ2) is 7.54. The van der Waals surface area contributed by atoms with Crippen LogP contribution in [0.1, 0.15) is 30.2 Å². The Labute approximate surface area is 167 Å². The van der Waals surface area contributed by atoms with Gasteiger partial charge in [-0.05, 0) is 44.2 Å². The van der Waals surface area contributed by atoms with Crippen LogP contribution in [-0.2, 0) is 0 Å². The van der Waals surface area contributed by atoms with Gasteiger partial charge in [-0.3, -0.25) is 19.0 Å². The Morgan fingerprint density at radius 1 is 1.10 bits per heavy atom. The fraction of sp³-hybridized carbons (Fsp3) is 0.333. The van der Waals surface area contributed by atoms with Crippen LogP contribution in [0.5, 0.6) is 0 Å². The van der Waals surface area contributed by atoms with Crippen LogP contribution in [0.15, 0.2) is 52.4 Å². The number of aromatic amines is 1. The number of carbonyl (C=O) groups excluding carboxylic acids is 1. The van der Waals surface area contributed by atoms with Crippen molar-refractivity contribution >= 4 is 22.5 Å². The standard InChI is InChI=1S/C21H23N5O3/c1-14(2)26-13-23-18-12-15(5-6-16(18)21(26)29)24-8-10-25(11-9-24)20(28)17-4-3-7-22-19(17)27/h3-7,12-14H,8-11H2,1-2H3,(H,22,27). The minimum absolute atomic E-state index is 0.0416. The molecule has 29 heavy (non-hydrogen) atoms. The molecule has 3 aromatic rings. The van der Waals surface area contributed by atoms with E-state index in [0.717, 1.165) is 5.69 Å². The molecule has 1 fully saturated rings. The van der Waals surface area contributed by atoms with Crippen molar-refractivity contribution in [2.45, 2.75) is 19.9 Å². The summed E-state index contributed by atoms with van der Waals surface area (Å²) in [4.78, 5) is 47.9. The molecule has 3 heterocycles. The molecule has 0 spiro atoms. The maximum atomic E-state index is 12.6. The smallest absolute Gasteiger partial charge is 0.261 e. The van der Waals surface area contributed by atoms with Crippen LogP contribution >= 0.6 is 0 Å². The SMILES string of the molecule is CC(C)n1cnc2cc(N3CCN(C(=O)c4ccc[nH]c4=O)CC3)ccc2c1=O. The molecule has 0 unspecified atom stereocenters. The van der Waals surface area contributed by atoms with Crippen molar-refractivity contribution in [2.75, 3.05) is 31.1 Å². The van der Waals surface area contributed by atoms with Gasteiger partial charge in [0.15, 0.2) is 0 Å². The minimum atomic E-state index is -0.368. The van der Waals surface area contributed by atoms with E-state index in [0.29, 0.717) is 37.1 Å². The van der Waals surface area contributed by atoms with E-state index in [1.165, 1.54) is 6.20 Å². The molecular formula is C21H23N5O3. The van der Waals surface area contributed by atoms with Crippen LogP contribution in [0.4, 0.5) is 5.69 Å². The van der Waals surface area contributed by atoms with E-state index in [1.54, 1.807) is 27.9 Å². The zero-order valence-corrected chi connectivity index (χ0v) is 16.5. The highest BCUT2D eigenvalue weighted by Gasteiger charge is 2.24. The molecular weight excluding hydrogens is 370 g/mol. The first-order chi connectivity index (χ1) is 14.0. The molecule has 1 aliphatic rings. The normalized spacial score (nSPS) is 14.6. The molecule has 150 valence electrons. The van der Waals surface area contributed by atoms with E-state index < -0.39 is 0 Å². The Morgan fingerprint density at radius 3 is 2.55 bits per heavy atom. The van der Waals surface area contributed by atoms with Gasteiger partial charge in [0.2, 0.25) is 0 Å². The number of piperazine rings is 1. The molecule has 1 N–H and O–H groups in total. The number of nitrogens with one attached hydrogen (secondary N) is 1. The van der Waals surface area contributed by atoms with E-state index >= 15 is 0 Å². The van der Waals surface area contributed by atoms with E-state index in [4.69, 9.17) is 0 Å². The molecule has 8 heteroatoms. The molecule has 1 aromatic carbocycles. The van der Waals surface area contributed by atoms with Crippen molar-refractivity contribution in [1.82, 2.24) is 19.4 Å². The third-order valence-corrected chi connectivity index (χ3v) is 5.30. The second-order valence-corrected chi connectivity index (χ2v) is 7.44. The van der Waals surface area contributed by atoms with Crippen molar-refractivity contribution in [1.29, 1.82) is 0 Å². The van der Waals surface area contributed by atoms with Gasteiger partial charge in [0.05, 0.1) is 17.2 Å². The molecule has 1 saturated heterocycles. The van der Waals surface area contributed by atoms with E-state index in [1.807, 2.05) is 32.0 Å². The number of benzene rings is 1. The number of hydrogen-bond donors (Lipinski definition) is 1. The molecule has 4 rings (SSSR count). The van der Waals surface area contributed by atoms with Crippen molar-refractivity contribution in [3.05, 3.63) is 69.1 Å². The minimum Gasteiger partial charge on any atom is -0.368 e. The molecule has 1 amide bonds. The average Bonchev–Trinajstić information content (AvgIpc) is 2.73. The molecule has 0 radical (unpaired) electrons. The Morgan fingerprint density at radius 2 is 1.86 bits per heavy atom. The number of H-pyrrole nitrogens is 1. The predicted molar refractivity (Wildman–Crippen MR) is 112 cm³/mol. The van der Waals surface area contributed by atoms with Crippen LogP contribution in [0.2, 0.25) is 0 Å². The lowest BCUT2D eigenvalue weighted by molar-refractivity contribution is 0.0745. The lowest BCUT2D eigenvalue weighted by Crippen LogP contribution is -2.49. The average molecular weight is 393 g/mol. The van der Waals surface area contributed by atoms with Gasteiger partial charge in [-0.1, -0.05) is 0 Å². The number of fused-ring (bicyclic) bond motifs is 1. The van der Waals surface area contributed by atoms with Gasteiger partial charge in [0.25, 0.3) is 17.0 Å². The highest BCUT2D eigenvalue weighted by atomic mass is 16.2. The zero-order valence-electron chi connectivity index (χ0n) is 16.5. The second-order valence-electron chi connectivity index (χ2n) is 7.44. The number of hydrogen-bond acceptors (Lipinski definition) is 5. The fourth-order valence-electron chi connectivity index (χ4n) is 3.62. The highest BCUT2D eigenvalue weighted by Crippen LogP contribution is 2.21. The largest absolute Gasteiger partial charge is 0.368 e. The van der Waals surface area contributed by atoms with Crippen molar-refractivity contribution in [2.24, 2.45) is 0 Å². The quantitative estimate of drug-likeness (QED) is 0.730. The van der Waals surface area contributed by atoms with Gasteiger partial charge in [-0.15, -0.1) is 0 Å². The molecule has 8 nitrogen and oxygen atoms in total. The van der Waals surface area contributed by atoms with Crippen molar-refractivity contribution in [3.63, 3.8) is 0 Å². The fourth-order valence-corrected chi connectivity index (χ4v) is 3.62. The summed E-state index contributed by atoms with van der Waals surface area (Å²) in [5.41, 5.74) is 1.39. The van der Waals surface area contributed by atoms with E-state index in [9.17, 15) is 14.4 Å². The van der Waals surface area contributed by atoms with Gasteiger partial charge in [0.1, 0.15) is 5.56 Å². The molecule has 2 aromatic heterocycles. The Hall–Kier alpha value is -3.42. The molecule has 0 aliphatic carbocycles. The van der Waals surface area contributed by atoms with Crippen LogP contribution in [-0.4, -0.2) is 51.5 Å². The van der Waals surface area contributed by atoms with Crippen molar-refractivity contribution in [3.8, 4) is 0 Å². The first-order valence-corrected chi connectivity index (χ1v) is 9.68. The summed E-state index contributed by atoms with van der Waals surface area (Å²) < 4.78 is 1.62. The van der Waals surface area contributed by atoms with Crippen molar-refractivity contribution < 1.29 is 4.79 Å². The first-order valence-electron chi connectivity index (χ1n) is 9.68. The lowest BCUT2D eigenvalue weighted by Gasteiger charge is -2.36. The van der Waals surface area contributed by atoms with Gasteiger partial charge in [-0.25, -0.2) is 4.98 Å². The molecule has 0 atom stereocenters. The summed E-state index contributed by atoms with van der Waals surface area (Å²) in [7, 11) is 0. The third kappa shape index (κ3) is 3.53. The maximum absolute atomic E-state index is 12.6. The number of rotatable bonds is 3. The van der Waals surface area contributed by atoms with Gasteiger partial charge >= 0.3 is 0 Å². The Kier molecular flexibility index (Phi) is 4.92. The Balaban J connectivity index is 1.51. The maximum Gasteiger partial charge on any atom is 0.261 e. The summed E-state index contributed by atoms with van der Waals surface area (Å²) in [6.45, 7) is 6.23. The number of amides is 1. The highest BCUT2D eigenvalue weighted by molar-refractivity contribution is 5.94. The predicted octanol–water partition coefficient (Wildman–Crippen LogP) is 1.63. The number of pyridine rings is 1. The number of aromatic nitrogens is 3. The molecule has 1 aliphatic heterocycles. The summed E-state index contributed by atoms with van der Waals surface area (Å²) in [6, 6.07) is 8.92. The number of carbonyl (C=O) groups is 1. The number of nitrogens with zero attached hydrogens (tertiary/aromatic N) is 4. The topological polar surface area (TPSA) is 91.3 Å². The monoisotopic (exact) mass is 393 g/mol. The Bertz CT molecular complexity index is 1170. The zero-order chi connectivity index (χ0) is 20.5. The van der Waals surface area contributed by atoms with Gasteiger partial charge in [-0.2, -0.15) is 0 Å². The number of anilines is 1.